The standard InChI is InChI=1S/C16H17N3OS2/c1-10(19-22-13-5-3-4-11(17)8-13)16-18-14-7-6-12(20-2)9-15(14)21-16/h3-10,19H,17H2,1-2H3. The molecule has 0 radical (unpaired) electrons. The Morgan fingerprint density at radius 3 is 2.91 bits per heavy atom. The van der Waals surface area contributed by atoms with Crippen LogP contribution >= 0.6 is 23.3 Å². The van der Waals surface area contributed by atoms with Crippen LogP contribution in [0.3, 0.4) is 0 Å². The third-order valence-electron chi connectivity index (χ3n) is 3.19. The number of rotatable bonds is 5. The topological polar surface area (TPSA) is 60.2 Å². The van der Waals surface area contributed by atoms with Gasteiger partial charge in [-0.25, -0.2) is 4.98 Å². The van der Waals surface area contributed by atoms with E-state index < -0.39 is 0 Å². The van der Waals surface area contributed by atoms with Gasteiger partial charge in [0.05, 0.1) is 23.4 Å². The van der Waals surface area contributed by atoms with Gasteiger partial charge in [0.1, 0.15) is 10.8 Å². The lowest BCUT2D eigenvalue weighted by atomic mass is 10.3. The van der Waals surface area contributed by atoms with E-state index in [4.69, 9.17) is 10.5 Å². The van der Waals surface area contributed by atoms with Gasteiger partial charge in [0.15, 0.2) is 0 Å². The quantitative estimate of drug-likeness (QED) is 0.541. The summed E-state index contributed by atoms with van der Waals surface area (Å²) in [6.45, 7) is 2.11. The van der Waals surface area contributed by atoms with Crippen molar-refractivity contribution in [2.75, 3.05) is 12.8 Å². The van der Waals surface area contributed by atoms with Crippen LogP contribution in [0.2, 0.25) is 0 Å². The van der Waals surface area contributed by atoms with Crippen molar-refractivity contribution in [3.8, 4) is 5.75 Å². The molecule has 1 unspecified atom stereocenters. The molecule has 0 aliphatic rings. The van der Waals surface area contributed by atoms with Gasteiger partial charge in [0, 0.05) is 10.6 Å². The van der Waals surface area contributed by atoms with Crippen molar-refractivity contribution in [2.45, 2.75) is 17.9 Å². The summed E-state index contributed by atoms with van der Waals surface area (Å²) in [6.07, 6.45) is 0. The molecule has 22 heavy (non-hydrogen) atoms. The number of benzene rings is 2. The lowest BCUT2D eigenvalue weighted by Crippen LogP contribution is -2.09. The maximum atomic E-state index is 5.79. The van der Waals surface area contributed by atoms with Crippen LogP contribution in [0.25, 0.3) is 10.2 Å². The number of nitrogens with two attached hydrogens (primary N) is 1. The Hall–Kier alpha value is -1.76. The maximum Gasteiger partial charge on any atom is 0.120 e. The Morgan fingerprint density at radius 1 is 1.27 bits per heavy atom. The first kappa shape index (κ1) is 15.1. The number of anilines is 1. The maximum absolute atomic E-state index is 5.79. The summed E-state index contributed by atoms with van der Waals surface area (Å²) in [5.41, 5.74) is 7.56. The highest BCUT2D eigenvalue weighted by Gasteiger charge is 2.12. The first-order valence-electron chi connectivity index (χ1n) is 6.88. The summed E-state index contributed by atoms with van der Waals surface area (Å²) in [4.78, 5) is 5.77. The Morgan fingerprint density at radius 2 is 2.14 bits per heavy atom. The van der Waals surface area contributed by atoms with Crippen molar-refractivity contribution >= 4 is 39.2 Å². The van der Waals surface area contributed by atoms with Crippen LogP contribution in [-0.2, 0) is 0 Å². The molecule has 114 valence electrons. The molecule has 0 saturated carbocycles. The molecule has 3 rings (SSSR count). The molecule has 0 fully saturated rings. The highest BCUT2D eigenvalue weighted by atomic mass is 32.2. The van der Waals surface area contributed by atoms with E-state index in [1.54, 1.807) is 30.4 Å². The smallest absolute Gasteiger partial charge is 0.120 e. The van der Waals surface area contributed by atoms with Crippen molar-refractivity contribution < 1.29 is 4.74 Å². The van der Waals surface area contributed by atoms with Gasteiger partial charge in [0.25, 0.3) is 0 Å². The van der Waals surface area contributed by atoms with Gasteiger partial charge in [0.2, 0.25) is 0 Å². The van der Waals surface area contributed by atoms with Crippen molar-refractivity contribution in [1.82, 2.24) is 9.71 Å². The number of aromatic nitrogens is 1. The average molecular weight is 331 g/mol. The van der Waals surface area contributed by atoms with Crippen LogP contribution in [0.1, 0.15) is 18.0 Å². The molecule has 4 nitrogen and oxygen atoms in total. The molecule has 0 spiro atoms. The summed E-state index contributed by atoms with van der Waals surface area (Å²) in [5.74, 6) is 0.859. The van der Waals surface area contributed by atoms with Crippen molar-refractivity contribution in [1.29, 1.82) is 0 Å². The van der Waals surface area contributed by atoms with Crippen molar-refractivity contribution in [3.05, 3.63) is 47.5 Å². The second kappa shape index (κ2) is 6.56. The molecule has 1 heterocycles. The zero-order chi connectivity index (χ0) is 15.5. The molecule has 3 aromatic rings. The zero-order valence-corrected chi connectivity index (χ0v) is 14.0. The molecule has 6 heteroatoms. The van der Waals surface area contributed by atoms with Crippen molar-refractivity contribution in [3.63, 3.8) is 0 Å². The van der Waals surface area contributed by atoms with E-state index in [1.165, 1.54) is 0 Å². The minimum absolute atomic E-state index is 0.148. The van der Waals surface area contributed by atoms with Crippen LogP contribution in [0.4, 0.5) is 5.69 Å². The second-order valence-electron chi connectivity index (χ2n) is 4.90. The number of thiazole rings is 1. The monoisotopic (exact) mass is 331 g/mol. The Balaban J connectivity index is 1.73. The van der Waals surface area contributed by atoms with Gasteiger partial charge >= 0.3 is 0 Å². The van der Waals surface area contributed by atoms with E-state index in [1.807, 2.05) is 42.5 Å². The SMILES string of the molecule is COc1ccc2nc(C(C)NSc3cccc(N)c3)sc2c1. The van der Waals surface area contributed by atoms with Gasteiger partial charge < -0.3 is 10.5 Å². The third kappa shape index (κ3) is 3.35. The Bertz CT molecular complexity index is 788. The van der Waals surface area contributed by atoms with Crippen LogP contribution in [0.15, 0.2) is 47.4 Å². The van der Waals surface area contributed by atoms with E-state index in [2.05, 4.69) is 16.6 Å². The summed E-state index contributed by atoms with van der Waals surface area (Å²) in [5, 5.41) is 1.06. The van der Waals surface area contributed by atoms with E-state index in [0.717, 1.165) is 31.6 Å². The number of nitrogens with zero attached hydrogens (tertiary/aromatic N) is 1. The predicted octanol–water partition coefficient (Wildman–Crippen LogP) is 4.25. The van der Waals surface area contributed by atoms with E-state index in [0.29, 0.717) is 0 Å². The molecule has 1 aromatic heterocycles. The fourth-order valence-corrected chi connectivity index (χ4v) is 3.86. The van der Waals surface area contributed by atoms with E-state index in [9.17, 15) is 0 Å². The lowest BCUT2D eigenvalue weighted by molar-refractivity contribution is 0.415. The van der Waals surface area contributed by atoms with Gasteiger partial charge in [-0.15, -0.1) is 11.3 Å². The van der Waals surface area contributed by atoms with E-state index >= 15 is 0 Å². The number of hydrogen-bond acceptors (Lipinski definition) is 6. The number of nitrogens with one attached hydrogen (secondary N) is 1. The minimum atomic E-state index is 0.148. The summed E-state index contributed by atoms with van der Waals surface area (Å²) < 4.78 is 9.80. The van der Waals surface area contributed by atoms with E-state index in [-0.39, 0.29) is 6.04 Å². The largest absolute Gasteiger partial charge is 0.497 e. The van der Waals surface area contributed by atoms with Gasteiger partial charge in [-0.1, -0.05) is 6.07 Å². The highest BCUT2D eigenvalue weighted by molar-refractivity contribution is 7.97. The molecular formula is C16H17N3OS2. The number of methoxy groups -OCH3 is 1. The van der Waals surface area contributed by atoms with Gasteiger partial charge in [-0.2, -0.15) is 0 Å². The summed E-state index contributed by atoms with van der Waals surface area (Å²) in [7, 11) is 1.68. The number of fused-ring (bicyclic) bond motifs is 1. The predicted molar refractivity (Wildman–Crippen MR) is 94.4 cm³/mol. The average Bonchev–Trinajstić information content (AvgIpc) is 2.95. The molecule has 0 saturated heterocycles. The lowest BCUT2D eigenvalue weighted by Gasteiger charge is -2.10. The van der Waals surface area contributed by atoms with Crippen molar-refractivity contribution in [2.24, 2.45) is 0 Å². The third-order valence-corrected chi connectivity index (χ3v) is 5.36. The van der Waals surface area contributed by atoms with Crippen LogP contribution in [0, 0.1) is 0 Å². The molecule has 3 N–H and O–H groups in total. The number of ether oxygens (including phenoxy) is 1. The molecule has 2 aromatic carbocycles. The first-order valence-corrected chi connectivity index (χ1v) is 8.51. The first-order chi connectivity index (χ1) is 10.7. The fraction of sp³-hybridized carbons (Fsp3) is 0.188. The van der Waals surface area contributed by atoms with Crippen LogP contribution in [0.5, 0.6) is 5.75 Å². The van der Waals surface area contributed by atoms with Crippen LogP contribution < -0.4 is 15.2 Å². The molecule has 0 aliphatic carbocycles. The zero-order valence-electron chi connectivity index (χ0n) is 12.4. The molecule has 0 aliphatic heterocycles. The molecular weight excluding hydrogens is 314 g/mol. The normalized spacial score (nSPS) is 12.5. The molecule has 1 atom stereocenters. The molecule has 0 bridgehead atoms. The van der Waals surface area contributed by atoms with Gasteiger partial charge in [-0.3, -0.25) is 4.72 Å². The number of hydrogen-bond donors (Lipinski definition) is 2. The Labute approximate surface area is 137 Å². The van der Waals surface area contributed by atoms with Gasteiger partial charge in [-0.05, 0) is 55.3 Å². The Kier molecular flexibility index (Phi) is 4.52. The summed E-state index contributed by atoms with van der Waals surface area (Å²) in [6, 6.07) is 13.9. The fourth-order valence-electron chi connectivity index (χ4n) is 2.02. The second-order valence-corrected chi connectivity index (χ2v) is 6.87. The van der Waals surface area contributed by atoms with Crippen LogP contribution in [-0.4, -0.2) is 12.1 Å². The highest BCUT2D eigenvalue weighted by Crippen LogP contribution is 2.30. The minimum Gasteiger partial charge on any atom is -0.497 e. The molecule has 0 amide bonds. The summed E-state index contributed by atoms with van der Waals surface area (Å²) >= 11 is 3.25. The number of nitrogen functional groups attached to an aromatic ring is 1.